The number of benzene rings is 1. The molecule has 0 unspecified atom stereocenters. The van der Waals surface area contributed by atoms with Gasteiger partial charge in [0.25, 0.3) is 5.91 Å². The Bertz CT molecular complexity index is 492. The molecule has 0 heterocycles. The van der Waals surface area contributed by atoms with Crippen LogP contribution in [0, 0.1) is 17.5 Å². The highest BCUT2D eigenvalue weighted by atomic mass is 19.2. The second kappa shape index (κ2) is 5.92. The van der Waals surface area contributed by atoms with Crippen LogP contribution in [0.5, 0.6) is 5.75 Å². The maximum Gasteiger partial charge on any atom is 0.257 e. The van der Waals surface area contributed by atoms with Crippen molar-refractivity contribution >= 4 is 5.91 Å². The first-order chi connectivity index (χ1) is 8.81. The van der Waals surface area contributed by atoms with E-state index in [-0.39, 0.29) is 19.1 Å². The first-order valence-electron chi connectivity index (χ1n) is 5.68. The quantitative estimate of drug-likeness (QED) is 0.821. The van der Waals surface area contributed by atoms with E-state index >= 15 is 0 Å². The molecule has 106 valence electrons. The van der Waals surface area contributed by atoms with Crippen molar-refractivity contribution in [3.05, 3.63) is 29.1 Å². The number of nitrogens with two attached hydrogens (primary N) is 1. The number of carbonyl (C=O) groups excluding carboxylic acids is 1. The van der Waals surface area contributed by atoms with Crippen LogP contribution in [0.15, 0.2) is 6.07 Å². The summed E-state index contributed by atoms with van der Waals surface area (Å²) < 4.78 is 39.7. The maximum atomic E-state index is 13.6. The summed E-state index contributed by atoms with van der Waals surface area (Å²) in [6.45, 7) is 3.62. The van der Waals surface area contributed by atoms with E-state index in [2.05, 4.69) is 0 Å². The highest BCUT2D eigenvalue weighted by Crippen LogP contribution is 2.26. The van der Waals surface area contributed by atoms with Crippen LogP contribution in [-0.4, -0.2) is 35.0 Å². The largest absolute Gasteiger partial charge is 0.503 e. The lowest BCUT2D eigenvalue weighted by Crippen LogP contribution is -2.40. The Balaban J connectivity index is 3.26. The molecule has 3 N–H and O–H groups in total. The van der Waals surface area contributed by atoms with Crippen LogP contribution in [-0.2, 0) is 0 Å². The van der Waals surface area contributed by atoms with Crippen molar-refractivity contribution in [1.29, 1.82) is 0 Å². The molecule has 0 bridgehead atoms. The molecular formula is C12H15F3N2O2. The predicted octanol–water partition coefficient (Wildman–Crippen LogP) is 1.62. The van der Waals surface area contributed by atoms with E-state index in [9.17, 15) is 18.0 Å². The second-order valence-corrected chi connectivity index (χ2v) is 4.26. The van der Waals surface area contributed by atoms with Crippen molar-refractivity contribution in [3.63, 3.8) is 0 Å². The number of phenolic OH excluding ortho intramolecular Hbond substituents is 1. The lowest BCUT2D eigenvalue weighted by Gasteiger charge is -2.26. The zero-order valence-electron chi connectivity index (χ0n) is 10.6. The Morgan fingerprint density at radius 1 is 1.37 bits per heavy atom. The summed E-state index contributed by atoms with van der Waals surface area (Å²) in [4.78, 5) is 13.2. The summed E-state index contributed by atoms with van der Waals surface area (Å²) in [5.41, 5.74) is 4.61. The topological polar surface area (TPSA) is 66.6 Å². The molecule has 0 fully saturated rings. The molecule has 0 radical (unpaired) electrons. The number of carbonyl (C=O) groups is 1. The van der Waals surface area contributed by atoms with Gasteiger partial charge in [-0.05, 0) is 19.9 Å². The van der Waals surface area contributed by atoms with Crippen molar-refractivity contribution in [3.8, 4) is 5.75 Å². The molecule has 0 aromatic heterocycles. The summed E-state index contributed by atoms with van der Waals surface area (Å²) in [6, 6.07) is 0.129. The molecule has 1 aromatic rings. The van der Waals surface area contributed by atoms with Gasteiger partial charge in [-0.1, -0.05) is 0 Å². The van der Waals surface area contributed by atoms with Gasteiger partial charge in [-0.3, -0.25) is 4.79 Å². The van der Waals surface area contributed by atoms with Crippen molar-refractivity contribution < 1.29 is 23.1 Å². The van der Waals surface area contributed by atoms with E-state index in [1.54, 1.807) is 13.8 Å². The molecular weight excluding hydrogens is 261 g/mol. The van der Waals surface area contributed by atoms with Crippen LogP contribution in [0.1, 0.15) is 24.2 Å². The van der Waals surface area contributed by atoms with Crippen LogP contribution in [0.25, 0.3) is 0 Å². The molecule has 1 amide bonds. The minimum absolute atomic E-state index is 0.135. The standard InChI is InChI=1S/C12H15F3N2O2/c1-6(2)17(4-3-16)12(19)7-5-8(13)10(15)11(18)9(7)14/h5-6,18H,3-4,16H2,1-2H3. The monoisotopic (exact) mass is 276 g/mol. The number of nitrogens with zero attached hydrogens (tertiary/aromatic N) is 1. The molecule has 0 aliphatic rings. The van der Waals surface area contributed by atoms with Crippen molar-refractivity contribution in [2.24, 2.45) is 5.73 Å². The number of aromatic hydroxyl groups is 1. The van der Waals surface area contributed by atoms with Crippen LogP contribution >= 0.6 is 0 Å². The number of amides is 1. The second-order valence-electron chi connectivity index (χ2n) is 4.26. The summed E-state index contributed by atoms with van der Waals surface area (Å²) in [6.07, 6.45) is 0. The van der Waals surface area contributed by atoms with Crippen molar-refractivity contribution in [1.82, 2.24) is 4.90 Å². The van der Waals surface area contributed by atoms with Crippen LogP contribution in [0.2, 0.25) is 0 Å². The summed E-state index contributed by atoms with van der Waals surface area (Å²) in [5, 5.41) is 9.08. The number of phenols is 1. The average molecular weight is 276 g/mol. The molecule has 0 aliphatic heterocycles. The number of halogens is 3. The van der Waals surface area contributed by atoms with Gasteiger partial charge in [-0.2, -0.15) is 4.39 Å². The van der Waals surface area contributed by atoms with Crippen LogP contribution in [0.4, 0.5) is 13.2 Å². The highest BCUT2D eigenvalue weighted by Gasteiger charge is 2.26. The van der Waals surface area contributed by atoms with E-state index in [1.807, 2.05) is 0 Å². The fraction of sp³-hybridized carbons (Fsp3) is 0.417. The third kappa shape index (κ3) is 2.98. The van der Waals surface area contributed by atoms with Crippen LogP contribution in [0.3, 0.4) is 0 Å². The number of hydrogen-bond donors (Lipinski definition) is 2. The van der Waals surface area contributed by atoms with Crippen LogP contribution < -0.4 is 5.73 Å². The van der Waals surface area contributed by atoms with Gasteiger partial charge in [0.2, 0.25) is 5.82 Å². The van der Waals surface area contributed by atoms with Gasteiger partial charge in [-0.25, -0.2) is 8.78 Å². The Morgan fingerprint density at radius 3 is 2.42 bits per heavy atom. The Labute approximate surface area is 108 Å². The molecule has 1 aromatic carbocycles. The smallest absolute Gasteiger partial charge is 0.257 e. The lowest BCUT2D eigenvalue weighted by molar-refractivity contribution is 0.0705. The fourth-order valence-electron chi connectivity index (χ4n) is 1.63. The highest BCUT2D eigenvalue weighted by molar-refractivity contribution is 5.95. The first kappa shape index (κ1) is 15.3. The summed E-state index contributed by atoms with van der Waals surface area (Å²) >= 11 is 0. The van der Waals surface area contributed by atoms with Gasteiger partial charge in [0.1, 0.15) is 0 Å². The van der Waals surface area contributed by atoms with E-state index < -0.39 is 34.7 Å². The Hall–Kier alpha value is -1.76. The predicted molar refractivity (Wildman–Crippen MR) is 63.2 cm³/mol. The van der Waals surface area contributed by atoms with Gasteiger partial charge in [-0.15, -0.1) is 0 Å². The van der Waals surface area contributed by atoms with E-state index in [0.29, 0.717) is 6.07 Å². The molecule has 19 heavy (non-hydrogen) atoms. The van der Waals surface area contributed by atoms with Gasteiger partial charge < -0.3 is 15.7 Å². The molecule has 0 spiro atoms. The lowest BCUT2D eigenvalue weighted by atomic mass is 10.1. The zero-order valence-corrected chi connectivity index (χ0v) is 10.6. The molecule has 0 aliphatic carbocycles. The minimum Gasteiger partial charge on any atom is -0.503 e. The van der Waals surface area contributed by atoms with E-state index in [4.69, 9.17) is 10.8 Å². The third-order valence-electron chi connectivity index (χ3n) is 2.62. The van der Waals surface area contributed by atoms with Crippen molar-refractivity contribution in [2.75, 3.05) is 13.1 Å². The normalized spacial score (nSPS) is 10.9. The summed E-state index contributed by atoms with van der Waals surface area (Å²) in [5.74, 6) is -7.04. The minimum atomic E-state index is -1.72. The van der Waals surface area contributed by atoms with E-state index in [0.717, 1.165) is 0 Å². The Kier molecular flexibility index (Phi) is 4.77. The SMILES string of the molecule is CC(C)N(CCN)C(=O)c1cc(F)c(F)c(O)c1F. The fourth-order valence-corrected chi connectivity index (χ4v) is 1.63. The van der Waals surface area contributed by atoms with E-state index in [1.165, 1.54) is 4.90 Å². The number of hydrogen-bond acceptors (Lipinski definition) is 3. The molecule has 4 nitrogen and oxygen atoms in total. The van der Waals surface area contributed by atoms with Gasteiger partial charge in [0.05, 0.1) is 5.56 Å². The van der Waals surface area contributed by atoms with Gasteiger partial charge in [0, 0.05) is 19.1 Å². The molecule has 1 rings (SSSR count). The maximum absolute atomic E-state index is 13.6. The number of rotatable bonds is 4. The van der Waals surface area contributed by atoms with Gasteiger partial charge in [0.15, 0.2) is 17.4 Å². The Morgan fingerprint density at radius 2 is 1.95 bits per heavy atom. The van der Waals surface area contributed by atoms with Gasteiger partial charge >= 0.3 is 0 Å². The van der Waals surface area contributed by atoms with Crippen molar-refractivity contribution in [2.45, 2.75) is 19.9 Å². The third-order valence-corrected chi connectivity index (χ3v) is 2.62. The first-order valence-corrected chi connectivity index (χ1v) is 5.68. The molecule has 0 saturated carbocycles. The average Bonchev–Trinajstić information content (AvgIpc) is 2.36. The summed E-state index contributed by atoms with van der Waals surface area (Å²) in [7, 11) is 0. The molecule has 7 heteroatoms. The molecule has 0 atom stereocenters. The zero-order chi connectivity index (χ0) is 14.7. The molecule has 0 saturated heterocycles.